The SMILES string of the molecule is Cc1cc(Cn2ncc(I)cc2=O)no1. The maximum atomic E-state index is 11.5. The van der Waals surface area contributed by atoms with Gasteiger partial charge in [0.1, 0.15) is 11.5 Å². The summed E-state index contributed by atoms with van der Waals surface area (Å²) in [6.07, 6.45) is 1.63. The van der Waals surface area contributed by atoms with Crippen molar-refractivity contribution in [2.24, 2.45) is 0 Å². The van der Waals surface area contributed by atoms with E-state index in [1.165, 1.54) is 10.7 Å². The Kier molecular flexibility index (Phi) is 2.85. The monoisotopic (exact) mass is 317 g/mol. The molecule has 6 heteroatoms. The Balaban J connectivity index is 2.28. The van der Waals surface area contributed by atoms with Crippen molar-refractivity contribution in [1.29, 1.82) is 0 Å². The topological polar surface area (TPSA) is 60.9 Å². The lowest BCUT2D eigenvalue weighted by Crippen LogP contribution is -2.22. The zero-order chi connectivity index (χ0) is 10.8. The third-order valence-electron chi connectivity index (χ3n) is 1.82. The van der Waals surface area contributed by atoms with Gasteiger partial charge in [0, 0.05) is 15.7 Å². The van der Waals surface area contributed by atoms with Crippen LogP contribution in [0.25, 0.3) is 0 Å². The van der Waals surface area contributed by atoms with E-state index in [-0.39, 0.29) is 5.56 Å². The Morgan fingerprint density at radius 2 is 2.33 bits per heavy atom. The molecule has 0 N–H and O–H groups in total. The standard InChI is InChI=1S/C9H8IN3O2/c1-6-2-8(12-15-6)5-13-9(14)3-7(10)4-11-13/h2-4H,5H2,1H3. The summed E-state index contributed by atoms with van der Waals surface area (Å²) in [5, 5.41) is 7.80. The van der Waals surface area contributed by atoms with E-state index < -0.39 is 0 Å². The van der Waals surface area contributed by atoms with Crippen LogP contribution >= 0.6 is 22.6 Å². The maximum Gasteiger partial charge on any atom is 0.268 e. The predicted octanol–water partition coefficient (Wildman–Crippen LogP) is 1.19. The van der Waals surface area contributed by atoms with Gasteiger partial charge in [0.15, 0.2) is 0 Å². The smallest absolute Gasteiger partial charge is 0.268 e. The molecule has 0 bridgehead atoms. The Labute approximate surface area is 99.2 Å². The average Bonchev–Trinajstić information content (AvgIpc) is 2.56. The minimum Gasteiger partial charge on any atom is -0.361 e. The minimum atomic E-state index is -0.137. The second kappa shape index (κ2) is 4.13. The fourth-order valence-electron chi connectivity index (χ4n) is 1.18. The van der Waals surface area contributed by atoms with Crippen LogP contribution in [0.2, 0.25) is 0 Å². The van der Waals surface area contributed by atoms with E-state index in [2.05, 4.69) is 10.3 Å². The summed E-state index contributed by atoms with van der Waals surface area (Å²) >= 11 is 2.05. The van der Waals surface area contributed by atoms with Gasteiger partial charge in [0.05, 0.1) is 12.7 Å². The van der Waals surface area contributed by atoms with Crippen LogP contribution in [0.4, 0.5) is 0 Å². The fourth-order valence-corrected chi connectivity index (χ4v) is 1.57. The van der Waals surface area contributed by atoms with Gasteiger partial charge in [0.2, 0.25) is 0 Å². The van der Waals surface area contributed by atoms with E-state index >= 15 is 0 Å². The molecule has 0 atom stereocenters. The van der Waals surface area contributed by atoms with Crippen LogP contribution in [-0.4, -0.2) is 14.9 Å². The first-order valence-electron chi connectivity index (χ1n) is 4.30. The summed E-state index contributed by atoms with van der Waals surface area (Å²) in [6, 6.07) is 3.31. The summed E-state index contributed by atoms with van der Waals surface area (Å²) < 4.78 is 7.08. The van der Waals surface area contributed by atoms with Crippen LogP contribution < -0.4 is 5.56 Å². The minimum absolute atomic E-state index is 0.137. The molecule has 0 aliphatic heterocycles. The quantitative estimate of drug-likeness (QED) is 0.781. The largest absolute Gasteiger partial charge is 0.361 e. The van der Waals surface area contributed by atoms with Gasteiger partial charge in [-0.2, -0.15) is 5.10 Å². The highest BCUT2D eigenvalue weighted by atomic mass is 127. The van der Waals surface area contributed by atoms with Crippen LogP contribution in [0.5, 0.6) is 0 Å². The van der Waals surface area contributed by atoms with Crippen molar-refractivity contribution in [3.8, 4) is 0 Å². The van der Waals surface area contributed by atoms with E-state index in [1.807, 2.05) is 22.6 Å². The van der Waals surface area contributed by atoms with Crippen molar-refractivity contribution in [1.82, 2.24) is 14.9 Å². The van der Waals surface area contributed by atoms with Crippen LogP contribution in [0.15, 0.2) is 27.6 Å². The number of halogens is 1. The second-order valence-corrected chi connectivity index (χ2v) is 4.34. The molecule has 2 aromatic heterocycles. The van der Waals surface area contributed by atoms with Crippen LogP contribution in [0, 0.1) is 10.5 Å². The van der Waals surface area contributed by atoms with Crippen LogP contribution in [-0.2, 0) is 6.54 Å². The summed E-state index contributed by atoms with van der Waals surface area (Å²) in [7, 11) is 0. The van der Waals surface area contributed by atoms with Crippen LogP contribution in [0.3, 0.4) is 0 Å². The highest BCUT2D eigenvalue weighted by Gasteiger charge is 2.04. The molecule has 0 saturated carbocycles. The van der Waals surface area contributed by atoms with E-state index in [4.69, 9.17) is 4.52 Å². The lowest BCUT2D eigenvalue weighted by atomic mass is 10.4. The highest BCUT2D eigenvalue weighted by molar-refractivity contribution is 14.1. The van der Waals surface area contributed by atoms with E-state index in [0.717, 1.165) is 9.33 Å². The van der Waals surface area contributed by atoms with Gasteiger partial charge >= 0.3 is 0 Å². The highest BCUT2D eigenvalue weighted by Crippen LogP contribution is 2.02. The van der Waals surface area contributed by atoms with Gasteiger partial charge in [-0.3, -0.25) is 4.79 Å². The van der Waals surface area contributed by atoms with Crippen molar-refractivity contribution in [3.63, 3.8) is 0 Å². The predicted molar refractivity (Wildman–Crippen MR) is 61.6 cm³/mol. The molecule has 0 aliphatic carbocycles. The fraction of sp³-hybridized carbons (Fsp3) is 0.222. The molecule has 0 saturated heterocycles. The van der Waals surface area contributed by atoms with Crippen molar-refractivity contribution in [2.75, 3.05) is 0 Å². The Morgan fingerprint density at radius 1 is 1.53 bits per heavy atom. The summed E-state index contributed by atoms with van der Waals surface area (Å²) in [4.78, 5) is 11.5. The van der Waals surface area contributed by atoms with Crippen LogP contribution in [0.1, 0.15) is 11.5 Å². The van der Waals surface area contributed by atoms with Gasteiger partial charge in [-0.05, 0) is 29.5 Å². The molecule has 0 unspecified atom stereocenters. The number of nitrogens with zero attached hydrogens (tertiary/aromatic N) is 3. The van der Waals surface area contributed by atoms with Crippen molar-refractivity contribution < 1.29 is 4.52 Å². The summed E-state index contributed by atoms with van der Waals surface area (Å²) in [5.74, 6) is 0.726. The molecule has 2 heterocycles. The molecule has 0 aliphatic rings. The molecule has 2 rings (SSSR count). The van der Waals surface area contributed by atoms with Gasteiger partial charge in [-0.25, -0.2) is 4.68 Å². The number of rotatable bonds is 2. The molecule has 0 aromatic carbocycles. The Morgan fingerprint density at radius 3 is 2.93 bits per heavy atom. The first kappa shape index (κ1) is 10.3. The number of hydrogen-bond acceptors (Lipinski definition) is 4. The molecule has 15 heavy (non-hydrogen) atoms. The number of hydrogen-bond donors (Lipinski definition) is 0. The van der Waals surface area contributed by atoms with Gasteiger partial charge in [-0.1, -0.05) is 5.16 Å². The molecule has 0 radical (unpaired) electrons. The van der Waals surface area contributed by atoms with Gasteiger partial charge in [-0.15, -0.1) is 0 Å². The molecular formula is C9H8IN3O2. The first-order chi connectivity index (χ1) is 7.15. The third-order valence-corrected chi connectivity index (χ3v) is 2.41. The molecule has 78 valence electrons. The van der Waals surface area contributed by atoms with Gasteiger partial charge < -0.3 is 4.52 Å². The average molecular weight is 317 g/mol. The molecule has 5 nitrogen and oxygen atoms in total. The molecular weight excluding hydrogens is 309 g/mol. The lowest BCUT2D eigenvalue weighted by Gasteiger charge is -1.99. The summed E-state index contributed by atoms with van der Waals surface area (Å²) in [5.41, 5.74) is 0.561. The van der Waals surface area contributed by atoms with Crippen molar-refractivity contribution >= 4 is 22.6 Å². The van der Waals surface area contributed by atoms with E-state index in [9.17, 15) is 4.79 Å². The number of aromatic nitrogens is 3. The third kappa shape index (κ3) is 2.44. The van der Waals surface area contributed by atoms with Crippen molar-refractivity contribution in [3.05, 3.63) is 43.7 Å². The Bertz CT molecular complexity index is 532. The normalized spacial score (nSPS) is 10.5. The zero-order valence-electron chi connectivity index (χ0n) is 7.98. The molecule has 0 amide bonds. The zero-order valence-corrected chi connectivity index (χ0v) is 10.1. The maximum absolute atomic E-state index is 11.5. The lowest BCUT2D eigenvalue weighted by molar-refractivity contribution is 0.387. The first-order valence-corrected chi connectivity index (χ1v) is 5.38. The van der Waals surface area contributed by atoms with E-state index in [1.54, 1.807) is 19.2 Å². The second-order valence-electron chi connectivity index (χ2n) is 3.10. The molecule has 0 fully saturated rings. The molecule has 0 spiro atoms. The summed E-state index contributed by atoms with van der Waals surface area (Å²) in [6.45, 7) is 2.15. The van der Waals surface area contributed by atoms with Crippen molar-refractivity contribution in [2.45, 2.75) is 13.5 Å². The Hall–Kier alpha value is -1.18. The number of aryl methyl sites for hydroxylation is 1. The van der Waals surface area contributed by atoms with E-state index in [0.29, 0.717) is 12.2 Å². The van der Waals surface area contributed by atoms with Gasteiger partial charge in [0.25, 0.3) is 5.56 Å². The molecule has 2 aromatic rings.